The largest absolute Gasteiger partial charge is 0.416 e. The minimum Gasteiger partial charge on any atom is -0.312 e. The standard InChI is InChI=1S/C13H13F3N2S/c14-13(15,16)11-3-1-10(2-4-11)9-17-6-5-12-18-7-8-19-12/h1-4,7-8,17H,5-6,9H2. The maximum Gasteiger partial charge on any atom is 0.416 e. The van der Waals surface area contributed by atoms with E-state index in [1.54, 1.807) is 17.5 Å². The van der Waals surface area contributed by atoms with E-state index in [-0.39, 0.29) is 0 Å². The van der Waals surface area contributed by atoms with E-state index in [1.807, 2.05) is 5.38 Å². The SMILES string of the molecule is FC(F)(F)c1ccc(CNCCc2nccs2)cc1. The smallest absolute Gasteiger partial charge is 0.312 e. The Bertz CT molecular complexity index is 492. The van der Waals surface area contributed by atoms with Crippen molar-refractivity contribution in [3.63, 3.8) is 0 Å². The van der Waals surface area contributed by atoms with Crippen LogP contribution >= 0.6 is 11.3 Å². The van der Waals surface area contributed by atoms with E-state index in [0.717, 1.165) is 35.7 Å². The molecule has 0 aliphatic rings. The van der Waals surface area contributed by atoms with Crippen LogP contribution in [0.2, 0.25) is 0 Å². The monoisotopic (exact) mass is 286 g/mol. The molecule has 0 saturated heterocycles. The van der Waals surface area contributed by atoms with Gasteiger partial charge in [0.25, 0.3) is 0 Å². The lowest BCUT2D eigenvalue weighted by atomic mass is 10.1. The molecule has 2 nitrogen and oxygen atoms in total. The highest BCUT2D eigenvalue weighted by Crippen LogP contribution is 2.28. The van der Waals surface area contributed by atoms with Crippen LogP contribution in [-0.2, 0) is 19.1 Å². The Morgan fingerprint density at radius 1 is 1.16 bits per heavy atom. The minimum absolute atomic E-state index is 0.559. The van der Waals surface area contributed by atoms with Gasteiger partial charge in [-0.3, -0.25) is 0 Å². The van der Waals surface area contributed by atoms with Crippen LogP contribution in [0.5, 0.6) is 0 Å². The third-order valence-electron chi connectivity index (χ3n) is 2.61. The molecule has 6 heteroatoms. The Morgan fingerprint density at radius 2 is 1.89 bits per heavy atom. The van der Waals surface area contributed by atoms with Gasteiger partial charge in [-0.05, 0) is 17.7 Å². The van der Waals surface area contributed by atoms with E-state index < -0.39 is 11.7 Å². The zero-order chi connectivity index (χ0) is 13.7. The summed E-state index contributed by atoms with van der Waals surface area (Å²) in [5, 5.41) is 6.16. The fraction of sp³-hybridized carbons (Fsp3) is 0.308. The lowest BCUT2D eigenvalue weighted by Gasteiger charge is -2.08. The molecule has 0 atom stereocenters. The van der Waals surface area contributed by atoms with Gasteiger partial charge in [0, 0.05) is 31.1 Å². The number of alkyl halides is 3. The van der Waals surface area contributed by atoms with Crippen molar-refractivity contribution in [3.8, 4) is 0 Å². The average molecular weight is 286 g/mol. The number of nitrogens with zero attached hydrogens (tertiary/aromatic N) is 1. The second kappa shape index (κ2) is 6.16. The molecular formula is C13H13F3N2S. The second-order valence-corrected chi connectivity index (χ2v) is 5.03. The molecule has 1 N–H and O–H groups in total. The van der Waals surface area contributed by atoms with Crippen LogP contribution in [-0.4, -0.2) is 11.5 Å². The number of rotatable bonds is 5. The van der Waals surface area contributed by atoms with Gasteiger partial charge < -0.3 is 5.32 Å². The van der Waals surface area contributed by atoms with Gasteiger partial charge in [-0.2, -0.15) is 13.2 Å². The number of halogens is 3. The molecule has 0 amide bonds. The van der Waals surface area contributed by atoms with E-state index >= 15 is 0 Å². The number of benzene rings is 1. The van der Waals surface area contributed by atoms with Gasteiger partial charge in [0.1, 0.15) is 0 Å². The lowest BCUT2D eigenvalue weighted by molar-refractivity contribution is -0.137. The summed E-state index contributed by atoms with van der Waals surface area (Å²) in [4.78, 5) is 4.15. The zero-order valence-electron chi connectivity index (χ0n) is 10.1. The first-order valence-electron chi connectivity index (χ1n) is 5.81. The molecule has 2 rings (SSSR count). The maximum absolute atomic E-state index is 12.4. The molecule has 0 aliphatic carbocycles. The van der Waals surface area contributed by atoms with Crippen molar-refractivity contribution in [3.05, 3.63) is 52.0 Å². The van der Waals surface area contributed by atoms with Gasteiger partial charge in [-0.15, -0.1) is 11.3 Å². The Balaban J connectivity index is 1.77. The summed E-state index contributed by atoms with van der Waals surface area (Å²) in [6.07, 6.45) is -1.68. The molecule has 1 aromatic carbocycles. The summed E-state index contributed by atoms with van der Waals surface area (Å²) in [5.41, 5.74) is 0.228. The summed E-state index contributed by atoms with van der Waals surface area (Å²) in [7, 11) is 0. The fourth-order valence-corrected chi connectivity index (χ4v) is 2.24. The summed E-state index contributed by atoms with van der Waals surface area (Å²) in [6, 6.07) is 5.22. The topological polar surface area (TPSA) is 24.9 Å². The van der Waals surface area contributed by atoms with Crippen molar-refractivity contribution in [1.82, 2.24) is 10.3 Å². The van der Waals surface area contributed by atoms with Gasteiger partial charge >= 0.3 is 6.18 Å². The third-order valence-corrected chi connectivity index (χ3v) is 3.45. The molecule has 0 unspecified atom stereocenters. The van der Waals surface area contributed by atoms with Gasteiger partial charge in [0.15, 0.2) is 0 Å². The quantitative estimate of drug-likeness (QED) is 0.851. The van der Waals surface area contributed by atoms with Crippen molar-refractivity contribution < 1.29 is 13.2 Å². The van der Waals surface area contributed by atoms with Crippen LogP contribution in [0, 0.1) is 0 Å². The van der Waals surface area contributed by atoms with Crippen LogP contribution in [0.15, 0.2) is 35.8 Å². The number of hydrogen-bond donors (Lipinski definition) is 1. The number of thiazole rings is 1. The van der Waals surface area contributed by atoms with Crippen LogP contribution in [0.25, 0.3) is 0 Å². The number of nitrogens with one attached hydrogen (secondary N) is 1. The molecule has 0 aliphatic heterocycles. The zero-order valence-corrected chi connectivity index (χ0v) is 10.9. The predicted molar refractivity (Wildman–Crippen MR) is 69.0 cm³/mol. The third kappa shape index (κ3) is 4.33. The predicted octanol–water partition coefficient (Wildman–Crippen LogP) is 3.49. The molecule has 0 spiro atoms. The van der Waals surface area contributed by atoms with E-state index in [1.165, 1.54) is 12.1 Å². The minimum atomic E-state index is -4.27. The van der Waals surface area contributed by atoms with Gasteiger partial charge in [-0.25, -0.2) is 4.98 Å². The molecule has 0 bridgehead atoms. The Labute approximate surface area is 113 Å². The van der Waals surface area contributed by atoms with E-state index in [9.17, 15) is 13.2 Å². The number of aromatic nitrogens is 1. The Kier molecular flexibility index (Phi) is 4.55. The average Bonchev–Trinajstić information content (AvgIpc) is 2.87. The molecule has 1 heterocycles. The summed E-state index contributed by atoms with van der Waals surface area (Å²) >= 11 is 1.60. The Hall–Kier alpha value is -1.40. The summed E-state index contributed by atoms with van der Waals surface area (Å²) in [5.74, 6) is 0. The van der Waals surface area contributed by atoms with Gasteiger partial charge in [0.2, 0.25) is 0 Å². The molecule has 19 heavy (non-hydrogen) atoms. The van der Waals surface area contributed by atoms with Crippen molar-refractivity contribution in [2.45, 2.75) is 19.1 Å². The van der Waals surface area contributed by atoms with E-state index in [4.69, 9.17) is 0 Å². The molecule has 0 radical (unpaired) electrons. The molecule has 0 saturated carbocycles. The van der Waals surface area contributed by atoms with E-state index in [2.05, 4.69) is 10.3 Å². The first-order valence-corrected chi connectivity index (χ1v) is 6.69. The molecular weight excluding hydrogens is 273 g/mol. The highest BCUT2D eigenvalue weighted by Gasteiger charge is 2.29. The summed E-state index contributed by atoms with van der Waals surface area (Å²) < 4.78 is 37.1. The van der Waals surface area contributed by atoms with E-state index in [0.29, 0.717) is 6.54 Å². The molecule has 0 fully saturated rings. The highest BCUT2D eigenvalue weighted by molar-refractivity contribution is 7.09. The molecule has 2 aromatic rings. The maximum atomic E-state index is 12.4. The van der Waals surface area contributed by atoms with Crippen molar-refractivity contribution in [2.24, 2.45) is 0 Å². The van der Waals surface area contributed by atoms with Crippen molar-refractivity contribution >= 4 is 11.3 Å². The van der Waals surface area contributed by atoms with Crippen LogP contribution in [0.4, 0.5) is 13.2 Å². The highest BCUT2D eigenvalue weighted by atomic mass is 32.1. The molecule has 1 aromatic heterocycles. The number of hydrogen-bond acceptors (Lipinski definition) is 3. The van der Waals surface area contributed by atoms with Crippen LogP contribution in [0.3, 0.4) is 0 Å². The normalized spacial score (nSPS) is 11.7. The van der Waals surface area contributed by atoms with Gasteiger partial charge in [0.05, 0.1) is 10.6 Å². The van der Waals surface area contributed by atoms with Gasteiger partial charge in [-0.1, -0.05) is 12.1 Å². The first kappa shape index (κ1) is 14.0. The fourth-order valence-electron chi connectivity index (χ4n) is 1.62. The van der Waals surface area contributed by atoms with Crippen molar-refractivity contribution in [1.29, 1.82) is 0 Å². The Morgan fingerprint density at radius 3 is 2.47 bits per heavy atom. The van der Waals surface area contributed by atoms with Crippen LogP contribution in [0.1, 0.15) is 16.1 Å². The van der Waals surface area contributed by atoms with Crippen molar-refractivity contribution in [2.75, 3.05) is 6.54 Å². The second-order valence-electron chi connectivity index (χ2n) is 4.05. The first-order chi connectivity index (χ1) is 9.05. The lowest BCUT2D eigenvalue weighted by Crippen LogP contribution is -2.16. The molecule has 102 valence electrons. The summed E-state index contributed by atoms with van der Waals surface area (Å²) in [6.45, 7) is 1.32. The van der Waals surface area contributed by atoms with Crippen LogP contribution < -0.4 is 5.32 Å².